The molecule has 0 bridgehead atoms. The highest BCUT2D eigenvalue weighted by atomic mass is 32.1. The Hall–Kier alpha value is -2.44. The predicted octanol–water partition coefficient (Wildman–Crippen LogP) is 5.43. The second-order valence-corrected chi connectivity index (χ2v) is 8.84. The van der Waals surface area contributed by atoms with Gasteiger partial charge in [-0.1, -0.05) is 24.3 Å². The topological polar surface area (TPSA) is 38.1 Å². The van der Waals surface area contributed by atoms with Crippen LogP contribution in [0, 0.1) is 6.92 Å². The molecule has 0 radical (unpaired) electrons. The number of hydrogen-bond acceptors (Lipinski definition) is 4. The highest BCUT2D eigenvalue weighted by Gasteiger charge is 2.32. The van der Waals surface area contributed by atoms with E-state index in [1.807, 2.05) is 52.9 Å². The maximum Gasteiger partial charge on any atom is 0.264 e. The zero-order valence-electron chi connectivity index (χ0n) is 15.0. The minimum atomic E-state index is 0.145. The number of hydrogen-bond donors (Lipinski definition) is 0. The highest BCUT2D eigenvalue weighted by Crippen LogP contribution is 2.38. The summed E-state index contributed by atoms with van der Waals surface area (Å²) in [5, 5.41) is 7.84. The minimum Gasteiger partial charge on any atom is -0.330 e. The molecule has 0 saturated carbocycles. The molecule has 27 heavy (non-hydrogen) atoms. The number of aryl methyl sites for hydroxylation is 1. The summed E-state index contributed by atoms with van der Waals surface area (Å²) in [6, 6.07) is 16.5. The number of rotatable bonds is 3. The van der Waals surface area contributed by atoms with Crippen molar-refractivity contribution in [3.8, 4) is 5.69 Å². The fraction of sp³-hybridized carbons (Fsp3) is 0.238. The number of aromatic nitrogens is 2. The summed E-state index contributed by atoms with van der Waals surface area (Å²) in [7, 11) is 0. The highest BCUT2D eigenvalue weighted by molar-refractivity contribution is 7.20. The van der Waals surface area contributed by atoms with Crippen molar-refractivity contribution in [3.05, 3.63) is 69.4 Å². The van der Waals surface area contributed by atoms with Crippen LogP contribution in [0.15, 0.2) is 53.9 Å². The molecular weight excluding hydrogens is 374 g/mol. The Labute approximate surface area is 165 Å². The fourth-order valence-corrected chi connectivity index (χ4v) is 5.84. The monoisotopic (exact) mass is 393 g/mol. The van der Waals surface area contributed by atoms with E-state index in [0.717, 1.165) is 45.9 Å². The van der Waals surface area contributed by atoms with Crippen molar-refractivity contribution >= 4 is 38.8 Å². The van der Waals surface area contributed by atoms with Crippen LogP contribution in [0.3, 0.4) is 0 Å². The van der Waals surface area contributed by atoms with Crippen LogP contribution in [0.2, 0.25) is 0 Å². The van der Waals surface area contributed by atoms with Gasteiger partial charge in [-0.2, -0.15) is 5.10 Å². The lowest BCUT2D eigenvalue weighted by atomic mass is 10.2. The second kappa shape index (κ2) is 6.62. The van der Waals surface area contributed by atoms with Crippen molar-refractivity contribution < 1.29 is 4.79 Å². The van der Waals surface area contributed by atoms with Gasteiger partial charge in [0.05, 0.1) is 22.3 Å². The molecule has 1 atom stereocenters. The first-order valence-electron chi connectivity index (χ1n) is 9.11. The van der Waals surface area contributed by atoms with Gasteiger partial charge in [0, 0.05) is 16.8 Å². The molecule has 4 heterocycles. The summed E-state index contributed by atoms with van der Waals surface area (Å²) >= 11 is 3.29. The Bertz CT molecular complexity index is 1100. The van der Waals surface area contributed by atoms with Gasteiger partial charge < -0.3 is 4.90 Å². The molecule has 0 aliphatic carbocycles. The lowest BCUT2D eigenvalue weighted by Crippen LogP contribution is -2.29. The molecule has 1 amide bonds. The van der Waals surface area contributed by atoms with Gasteiger partial charge in [0.2, 0.25) is 0 Å². The number of carbonyl (C=O) groups is 1. The van der Waals surface area contributed by atoms with Crippen LogP contribution in [0.5, 0.6) is 0 Å². The molecule has 0 N–H and O–H groups in total. The van der Waals surface area contributed by atoms with Gasteiger partial charge in [0.1, 0.15) is 4.83 Å². The average Bonchev–Trinajstić information content (AvgIpc) is 3.47. The van der Waals surface area contributed by atoms with Gasteiger partial charge in [-0.25, -0.2) is 4.68 Å². The number of fused-ring (bicyclic) bond motifs is 1. The quantitative estimate of drug-likeness (QED) is 0.465. The number of thiophene rings is 2. The number of benzene rings is 1. The van der Waals surface area contributed by atoms with Crippen molar-refractivity contribution in [2.75, 3.05) is 6.54 Å². The molecule has 1 saturated heterocycles. The molecule has 1 aliphatic rings. The summed E-state index contributed by atoms with van der Waals surface area (Å²) in [6.07, 6.45) is 2.12. The summed E-state index contributed by atoms with van der Waals surface area (Å²) in [6.45, 7) is 2.84. The van der Waals surface area contributed by atoms with Crippen molar-refractivity contribution in [1.82, 2.24) is 14.7 Å². The van der Waals surface area contributed by atoms with E-state index in [2.05, 4.69) is 22.6 Å². The van der Waals surface area contributed by atoms with Crippen LogP contribution in [0.25, 0.3) is 15.9 Å². The van der Waals surface area contributed by atoms with Gasteiger partial charge in [-0.15, -0.1) is 22.7 Å². The standard InChI is InChI=1S/C21H19N3OS2/c1-14-16-13-19(27-21(16)24(22-14)15-7-3-2-4-8-15)20(25)23-11-5-9-17(23)18-10-6-12-26-18/h2-4,6-8,10,12-13,17H,5,9,11H2,1H3. The Kier molecular flexibility index (Phi) is 4.10. The van der Waals surface area contributed by atoms with E-state index in [0.29, 0.717) is 0 Å². The van der Waals surface area contributed by atoms with E-state index in [-0.39, 0.29) is 11.9 Å². The maximum atomic E-state index is 13.3. The van der Waals surface area contributed by atoms with Gasteiger partial charge in [0.25, 0.3) is 5.91 Å². The predicted molar refractivity (Wildman–Crippen MR) is 111 cm³/mol. The largest absolute Gasteiger partial charge is 0.330 e. The van der Waals surface area contributed by atoms with Crippen molar-refractivity contribution in [2.24, 2.45) is 0 Å². The van der Waals surface area contributed by atoms with Crippen LogP contribution < -0.4 is 0 Å². The zero-order chi connectivity index (χ0) is 18.4. The van der Waals surface area contributed by atoms with E-state index in [1.54, 1.807) is 22.7 Å². The summed E-state index contributed by atoms with van der Waals surface area (Å²) in [4.78, 5) is 18.5. The van der Waals surface area contributed by atoms with Gasteiger partial charge >= 0.3 is 0 Å². The molecule has 4 aromatic rings. The normalized spacial score (nSPS) is 17.1. The average molecular weight is 394 g/mol. The third kappa shape index (κ3) is 2.80. The van der Waals surface area contributed by atoms with Gasteiger partial charge in [0.15, 0.2) is 0 Å². The molecule has 4 nitrogen and oxygen atoms in total. The molecule has 1 fully saturated rings. The first kappa shape index (κ1) is 16.7. The lowest BCUT2D eigenvalue weighted by molar-refractivity contribution is 0.0743. The zero-order valence-corrected chi connectivity index (χ0v) is 16.6. The SMILES string of the molecule is Cc1nn(-c2ccccc2)c2sc(C(=O)N3CCCC3c3cccs3)cc12. The number of nitrogens with zero attached hydrogens (tertiary/aromatic N) is 3. The first-order chi connectivity index (χ1) is 13.2. The van der Waals surface area contributed by atoms with Crippen molar-refractivity contribution in [3.63, 3.8) is 0 Å². The number of likely N-dealkylation sites (tertiary alicyclic amines) is 1. The van der Waals surface area contributed by atoms with E-state index >= 15 is 0 Å². The van der Waals surface area contributed by atoms with Crippen LogP contribution in [0.4, 0.5) is 0 Å². The molecule has 136 valence electrons. The molecule has 1 aliphatic heterocycles. The Morgan fingerprint density at radius 1 is 1.19 bits per heavy atom. The van der Waals surface area contributed by atoms with Crippen molar-refractivity contribution in [1.29, 1.82) is 0 Å². The van der Waals surface area contributed by atoms with E-state index < -0.39 is 0 Å². The third-order valence-corrected chi connectivity index (χ3v) is 7.21. The molecular formula is C21H19N3OS2. The number of amides is 1. The summed E-state index contributed by atoms with van der Waals surface area (Å²) < 4.78 is 1.95. The fourth-order valence-electron chi connectivity index (χ4n) is 3.82. The smallest absolute Gasteiger partial charge is 0.264 e. The third-order valence-electron chi connectivity index (χ3n) is 5.14. The van der Waals surface area contributed by atoms with Crippen LogP contribution in [-0.4, -0.2) is 27.1 Å². The molecule has 3 aromatic heterocycles. The lowest BCUT2D eigenvalue weighted by Gasteiger charge is -2.23. The Balaban J connectivity index is 1.53. The van der Waals surface area contributed by atoms with Crippen LogP contribution in [0.1, 0.15) is 39.1 Å². The molecule has 0 spiro atoms. The molecule has 1 aromatic carbocycles. The summed E-state index contributed by atoms with van der Waals surface area (Å²) in [5.41, 5.74) is 1.98. The van der Waals surface area contributed by atoms with E-state index in [4.69, 9.17) is 0 Å². The van der Waals surface area contributed by atoms with E-state index in [9.17, 15) is 4.79 Å². The Morgan fingerprint density at radius 2 is 2.04 bits per heavy atom. The molecule has 6 heteroatoms. The van der Waals surface area contributed by atoms with E-state index in [1.165, 1.54) is 4.88 Å². The Morgan fingerprint density at radius 3 is 2.81 bits per heavy atom. The molecule has 1 unspecified atom stereocenters. The second-order valence-electron chi connectivity index (χ2n) is 6.83. The number of para-hydroxylation sites is 1. The van der Waals surface area contributed by atoms with Gasteiger partial charge in [-0.3, -0.25) is 4.79 Å². The molecule has 5 rings (SSSR count). The van der Waals surface area contributed by atoms with Gasteiger partial charge in [-0.05, 0) is 49.4 Å². The summed E-state index contributed by atoms with van der Waals surface area (Å²) in [5.74, 6) is 0.145. The minimum absolute atomic E-state index is 0.145. The van der Waals surface area contributed by atoms with Crippen LogP contribution in [-0.2, 0) is 0 Å². The maximum absolute atomic E-state index is 13.3. The van der Waals surface area contributed by atoms with Crippen molar-refractivity contribution in [2.45, 2.75) is 25.8 Å². The van der Waals surface area contributed by atoms with Crippen LogP contribution >= 0.6 is 22.7 Å². The number of carbonyl (C=O) groups excluding carboxylic acids is 1. The first-order valence-corrected chi connectivity index (χ1v) is 10.8.